The SMILES string of the molecule is Cc1cccc(C(=O)NCCC/C(N)=N/O)c1Cl. The standard InChI is InChI=1S/C12H16ClN3O2/c1-8-4-2-5-9(11(8)13)12(17)15-7-3-6-10(14)16-18/h2,4-5,18H,3,6-7H2,1H3,(H2,14,16)(H,15,17). The Morgan fingerprint density at radius 2 is 2.28 bits per heavy atom. The summed E-state index contributed by atoms with van der Waals surface area (Å²) in [7, 11) is 0. The van der Waals surface area contributed by atoms with Crippen LogP contribution in [0.2, 0.25) is 5.02 Å². The first-order valence-corrected chi connectivity index (χ1v) is 5.93. The second kappa shape index (κ2) is 6.86. The maximum Gasteiger partial charge on any atom is 0.252 e. The lowest BCUT2D eigenvalue weighted by Crippen LogP contribution is -2.26. The number of nitrogens with one attached hydrogen (secondary N) is 1. The van der Waals surface area contributed by atoms with E-state index in [9.17, 15) is 4.79 Å². The molecule has 5 nitrogen and oxygen atoms in total. The van der Waals surface area contributed by atoms with Crippen molar-refractivity contribution in [1.82, 2.24) is 5.32 Å². The van der Waals surface area contributed by atoms with E-state index < -0.39 is 0 Å². The van der Waals surface area contributed by atoms with E-state index in [0.29, 0.717) is 30.0 Å². The lowest BCUT2D eigenvalue weighted by molar-refractivity contribution is 0.0953. The number of carbonyl (C=O) groups excluding carboxylic acids is 1. The van der Waals surface area contributed by atoms with Gasteiger partial charge in [-0.2, -0.15) is 0 Å². The van der Waals surface area contributed by atoms with Gasteiger partial charge < -0.3 is 16.3 Å². The van der Waals surface area contributed by atoms with Crippen LogP contribution in [0.25, 0.3) is 0 Å². The summed E-state index contributed by atoms with van der Waals surface area (Å²) in [5.74, 6) is -0.0685. The summed E-state index contributed by atoms with van der Waals surface area (Å²) in [6.45, 7) is 2.29. The third kappa shape index (κ3) is 3.92. The summed E-state index contributed by atoms with van der Waals surface area (Å²) < 4.78 is 0. The number of hydrogen-bond acceptors (Lipinski definition) is 3. The van der Waals surface area contributed by atoms with E-state index in [2.05, 4.69) is 10.5 Å². The molecule has 0 unspecified atom stereocenters. The van der Waals surface area contributed by atoms with Crippen molar-refractivity contribution in [3.05, 3.63) is 34.3 Å². The van der Waals surface area contributed by atoms with Crippen LogP contribution < -0.4 is 11.1 Å². The maximum absolute atomic E-state index is 11.8. The van der Waals surface area contributed by atoms with Crippen molar-refractivity contribution < 1.29 is 10.0 Å². The highest BCUT2D eigenvalue weighted by Crippen LogP contribution is 2.19. The molecule has 0 saturated carbocycles. The fourth-order valence-corrected chi connectivity index (χ4v) is 1.65. The van der Waals surface area contributed by atoms with Gasteiger partial charge in [0.1, 0.15) is 5.84 Å². The monoisotopic (exact) mass is 269 g/mol. The summed E-state index contributed by atoms with van der Waals surface area (Å²) in [5.41, 5.74) is 6.63. The third-order valence-corrected chi connectivity index (χ3v) is 2.96. The number of nitrogens with two attached hydrogens (primary N) is 1. The van der Waals surface area contributed by atoms with E-state index in [4.69, 9.17) is 22.5 Å². The first-order valence-electron chi connectivity index (χ1n) is 5.56. The van der Waals surface area contributed by atoms with Gasteiger partial charge in [-0.1, -0.05) is 28.9 Å². The van der Waals surface area contributed by atoms with Crippen LogP contribution in [0.3, 0.4) is 0 Å². The van der Waals surface area contributed by atoms with E-state index >= 15 is 0 Å². The molecule has 1 aromatic rings. The van der Waals surface area contributed by atoms with Crippen molar-refractivity contribution in [2.75, 3.05) is 6.54 Å². The highest BCUT2D eigenvalue weighted by molar-refractivity contribution is 6.34. The van der Waals surface area contributed by atoms with Crippen LogP contribution in [0, 0.1) is 6.92 Å². The molecule has 98 valence electrons. The van der Waals surface area contributed by atoms with E-state index in [-0.39, 0.29) is 11.7 Å². The number of oxime groups is 1. The topological polar surface area (TPSA) is 87.7 Å². The van der Waals surface area contributed by atoms with Crippen LogP contribution in [0.4, 0.5) is 0 Å². The molecule has 0 aliphatic heterocycles. The predicted octanol–water partition coefficient (Wildman–Crippen LogP) is 1.90. The molecule has 4 N–H and O–H groups in total. The Kier molecular flexibility index (Phi) is 5.45. The summed E-state index contributed by atoms with van der Waals surface area (Å²) in [6.07, 6.45) is 1.03. The number of amides is 1. The lowest BCUT2D eigenvalue weighted by atomic mass is 10.1. The molecule has 0 saturated heterocycles. The van der Waals surface area contributed by atoms with Crippen LogP contribution in [-0.4, -0.2) is 23.5 Å². The fraction of sp³-hybridized carbons (Fsp3) is 0.333. The molecule has 1 rings (SSSR count). The van der Waals surface area contributed by atoms with E-state index in [1.807, 2.05) is 13.0 Å². The van der Waals surface area contributed by atoms with Crippen LogP contribution in [-0.2, 0) is 0 Å². The summed E-state index contributed by atoms with van der Waals surface area (Å²) in [6, 6.07) is 5.30. The van der Waals surface area contributed by atoms with Crippen LogP contribution in [0.15, 0.2) is 23.4 Å². The lowest BCUT2D eigenvalue weighted by Gasteiger charge is -2.07. The molecule has 6 heteroatoms. The molecular formula is C12H16ClN3O2. The third-order valence-electron chi connectivity index (χ3n) is 2.46. The average molecular weight is 270 g/mol. The predicted molar refractivity (Wildman–Crippen MR) is 71.2 cm³/mol. The molecule has 1 aromatic carbocycles. The molecule has 18 heavy (non-hydrogen) atoms. The van der Waals surface area contributed by atoms with Gasteiger partial charge in [0.05, 0.1) is 10.6 Å². The van der Waals surface area contributed by atoms with Gasteiger partial charge in [-0.15, -0.1) is 0 Å². The molecule has 0 fully saturated rings. The number of rotatable bonds is 5. The van der Waals surface area contributed by atoms with Gasteiger partial charge in [0.15, 0.2) is 0 Å². The van der Waals surface area contributed by atoms with Gasteiger partial charge in [0.25, 0.3) is 5.91 Å². The molecule has 0 aliphatic rings. The maximum atomic E-state index is 11.8. The molecule has 0 aliphatic carbocycles. The van der Waals surface area contributed by atoms with Crippen LogP contribution in [0.1, 0.15) is 28.8 Å². The zero-order valence-electron chi connectivity index (χ0n) is 10.1. The molecule has 1 amide bonds. The smallest absolute Gasteiger partial charge is 0.252 e. The Hall–Kier alpha value is -1.75. The van der Waals surface area contributed by atoms with Crippen LogP contribution in [0.5, 0.6) is 0 Å². The van der Waals surface area contributed by atoms with E-state index in [1.165, 1.54) is 0 Å². The minimum Gasteiger partial charge on any atom is -0.409 e. The zero-order valence-corrected chi connectivity index (χ0v) is 10.9. The summed E-state index contributed by atoms with van der Waals surface area (Å²) >= 11 is 6.04. The minimum absolute atomic E-state index is 0.151. The second-order valence-corrected chi connectivity index (χ2v) is 4.27. The van der Waals surface area contributed by atoms with Crippen molar-refractivity contribution in [3.63, 3.8) is 0 Å². The van der Waals surface area contributed by atoms with Crippen molar-refractivity contribution >= 4 is 23.3 Å². The van der Waals surface area contributed by atoms with E-state index in [1.54, 1.807) is 12.1 Å². The Labute approximate surface area is 111 Å². The average Bonchev–Trinajstić information content (AvgIpc) is 2.37. The zero-order chi connectivity index (χ0) is 13.5. The normalized spacial score (nSPS) is 11.3. The van der Waals surface area contributed by atoms with Gasteiger partial charge >= 0.3 is 0 Å². The van der Waals surface area contributed by atoms with Crippen LogP contribution >= 0.6 is 11.6 Å². The molecule has 0 atom stereocenters. The first-order chi connectivity index (χ1) is 8.56. The Morgan fingerprint density at radius 3 is 2.94 bits per heavy atom. The van der Waals surface area contributed by atoms with Crippen molar-refractivity contribution in [2.24, 2.45) is 10.9 Å². The highest BCUT2D eigenvalue weighted by atomic mass is 35.5. The number of aryl methyl sites for hydroxylation is 1. The quantitative estimate of drug-likeness (QED) is 0.251. The minimum atomic E-state index is -0.219. The van der Waals surface area contributed by atoms with Crippen molar-refractivity contribution in [3.8, 4) is 0 Å². The van der Waals surface area contributed by atoms with Gasteiger partial charge in [-0.25, -0.2) is 0 Å². The van der Waals surface area contributed by atoms with Crippen molar-refractivity contribution in [2.45, 2.75) is 19.8 Å². The largest absolute Gasteiger partial charge is 0.409 e. The molecule has 0 aromatic heterocycles. The Morgan fingerprint density at radius 1 is 1.56 bits per heavy atom. The number of hydrogen-bond donors (Lipinski definition) is 3. The number of carbonyl (C=O) groups is 1. The first kappa shape index (κ1) is 14.3. The number of amidine groups is 1. The van der Waals surface area contributed by atoms with E-state index in [0.717, 1.165) is 5.56 Å². The highest BCUT2D eigenvalue weighted by Gasteiger charge is 2.10. The molecule has 0 heterocycles. The van der Waals surface area contributed by atoms with Crippen molar-refractivity contribution in [1.29, 1.82) is 0 Å². The molecule has 0 bridgehead atoms. The summed E-state index contributed by atoms with van der Waals surface area (Å²) in [5, 5.41) is 14.4. The summed E-state index contributed by atoms with van der Waals surface area (Å²) in [4.78, 5) is 11.8. The van der Waals surface area contributed by atoms with Gasteiger partial charge in [0, 0.05) is 13.0 Å². The molecular weight excluding hydrogens is 254 g/mol. The Bertz CT molecular complexity index is 461. The van der Waals surface area contributed by atoms with Gasteiger partial charge in [-0.05, 0) is 25.0 Å². The number of halogens is 1. The second-order valence-electron chi connectivity index (χ2n) is 3.89. The Balaban J connectivity index is 2.49. The molecule has 0 radical (unpaired) electrons. The number of nitrogens with zero attached hydrogens (tertiary/aromatic N) is 1. The molecule has 0 spiro atoms. The van der Waals surface area contributed by atoms with Gasteiger partial charge in [0.2, 0.25) is 0 Å². The van der Waals surface area contributed by atoms with Gasteiger partial charge in [-0.3, -0.25) is 4.79 Å². The fourth-order valence-electron chi connectivity index (χ4n) is 1.44. The number of benzene rings is 1.